The zero-order valence-corrected chi connectivity index (χ0v) is 20.6. The third-order valence-electron chi connectivity index (χ3n) is 5.26. The van der Waals surface area contributed by atoms with E-state index in [0.29, 0.717) is 32.0 Å². The summed E-state index contributed by atoms with van der Waals surface area (Å²) in [6, 6.07) is 23.2. The molecule has 3 heterocycles. The fraction of sp³-hybridized carbons (Fsp3) is 0.0769. The number of benzene rings is 2. The molecule has 0 aliphatic carbocycles. The van der Waals surface area contributed by atoms with Gasteiger partial charge in [0.2, 0.25) is 0 Å². The summed E-state index contributed by atoms with van der Waals surface area (Å²) >= 11 is 8.11. The Bertz CT molecular complexity index is 1500. The van der Waals surface area contributed by atoms with Gasteiger partial charge in [-0.2, -0.15) is 0 Å². The first-order valence-corrected chi connectivity index (χ1v) is 12.6. The molecule has 0 spiro atoms. The number of thioether (sulfide) groups is 1. The molecule has 34 heavy (non-hydrogen) atoms. The number of aryl methyl sites for hydroxylation is 1. The quantitative estimate of drug-likeness (QED) is 0.203. The molecule has 0 bridgehead atoms. The van der Waals surface area contributed by atoms with Crippen LogP contribution in [0.1, 0.15) is 16.7 Å². The number of amides is 1. The average Bonchev–Trinajstić information content (AvgIpc) is 3.11. The first kappa shape index (κ1) is 22.6. The molecule has 0 atom stereocenters. The number of carbonyl (C=O) groups is 1. The minimum absolute atomic E-state index is 0.205. The molecule has 0 N–H and O–H groups in total. The predicted molar refractivity (Wildman–Crippen MR) is 142 cm³/mol. The number of pyridine rings is 1. The van der Waals surface area contributed by atoms with E-state index in [1.54, 1.807) is 17.2 Å². The number of hydrogen-bond acceptors (Lipinski definition) is 6. The van der Waals surface area contributed by atoms with Crippen LogP contribution >= 0.6 is 35.7 Å². The third-order valence-corrected chi connectivity index (χ3v) is 7.65. The van der Waals surface area contributed by atoms with Crippen molar-refractivity contribution >= 4 is 57.7 Å². The van der Waals surface area contributed by atoms with E-state index in [9.17, 15) is 9.59 Å². The molecule has 2 aromatic heterocycles. The summed E-state index contributed by atoms with van der Waals surface area (Å²) in [6.45, 7) is 2.31. The van der Waals surface area contributed by atoms with Gasteiger partial charge in [0.25, 0.3) is 11.5 Å². The van der Waals surface area contributed by atoms with Gasteiger partial charge in [0.15, 0.2) is 0 Å². The van der Waals surface area contributed by atoms with Crippen LogP contribution in [-0.4, -0.2) is 24.5 Å². The number of rotatable bonds is 5. The van der Waals surface area contributed by atoms with Gasteiger partial charge in [0.05, 0.1) is 17.0 Å². The Kier molecular flexibility index (Phi) is 6.36. The Hall–Kier alpha value is -3.20. The Morgan fingerprint density at radius 1 is 1.00 bits per heavy atom. The van der Waals surface area contributed by atoms with Gasteiger partial charge in [-0.1, -0.05) is 90.3 Å². The van der Waals surface area contributed by atoms with Gasteiger partial charge in [-0.3, -0.25) is 18.9 Å². The van der Waals surface area contributed by atoms with Crippen LogP contribution in [0.25, 0.3) is 11.7 Å². The molecular weight excluding hydrogens is 483 g/mol. The van der Waals surface area contributed by atoms with Crippen molar-refractivity contribution < 1.29 is 4.79 Å². The number of thiocarbonyl (C=S) groups is 1. The molecule has 0 saturated carbocycles. The van der Waals surface area contributed by atoms with E-state index in [-0.39, 0.29) is 11.5 Å². The van der Waals surface area contributed by atoms with Gasteiger partial charge in [-0.05, 0) is 42.3 Å². The van der Waals surface area contributed by atoms with Crippen LogP contribution in [-0.2, 0) is 11.3 Å². The topological polar surface area (TPSA) is 54.7 Å². The van der Waals surface area contributed by atoms with Crippen molar-refractivity contribution in [3.8, 4) is 0 Å². The normalized spacial score (nSPS) is 15.0. The van der Waals surface area contributed by atoms with E-state index in [1.807, 2.05) is 79.7 Å². The fourth-order valence-corrected chi connectivity index (χ4v) is 5.72. The summed E-state index contributed by atoms with van der Waals surface area (Å²) in [5, 5.41) is 0.549. The maximum Gasteiger partial charge on any atom is 0.266 e. The van der Waals surface area contributed by atoms with Crippen LogP contribution in [0.2, 0.25) is 0 Å². The van der Waals surface area contributed by atoms with Gasteiger partial charge >= 0.3 is 0 Å². The maximum absolute atomic E-state index is 13.5. The molecule has 1 fully saturated rings. The highest BCUT2D eigenvalue weighted by atomic mass is 32.2. The lowest BCUT2D eigenvalue weighted by molar-refractivity contribution is -0.122. The van der Waals surface area contributed by atoms with Gasteiger partial charge in [0.1, 0.15) is 15.0 Å². The Balaban J connectivity index is 1.58. The summed E-state index contributed by atoms with van der Waals surface area (Å²) in [5.41, 5.74) is 2.64. The summed E-state index contributed by atoms with van der Waals surface area (Å²) in [4.78, 5) is 34.5. The van der Waals surface area contributed by atoms with Crippen molar-refractivity contribution in [1.29, 1.82) is 0 Å². The molecule has 0 radical (unpaired) electrons. The Labute approximate surface area is 210 Å². The van der Waals surface area contributed by atoms with Crippen molar-refractivity contribution in [2.75, 3.05) is 0 Å². The van der Waals surface area contributed by atoms with Crippen molar-refractivity contribution in [3.63, 3.8) is 0 Å². The summed E-state index contributed by atoms with van der Waals surface area (Å²) in [7, 11) is 0. The van der Waals surface area contributed by atoms with E-state index < -0.39 is 0 Å². The van der Waals surface area contributed by atoms with Crippen LogP contribution in [0.3, 0.4) is 0 Å². The molecule has 1 amide bonds. The Morgan fingerprint density at radius 2 is 1.71 bits per heavy atom. The van der Waals surface area contributed by atoms with E-state index in [4.69, 9.17) is 17.2 Å². The second-order valence-electron chi connectivity index (χ2n) is 7.74. The van der Waals surface area contributed by atoms with Crippen LogP contribution < -0.4 is 5.56 Å². The lowest BCUT2D eigenvalue weighted by Gasteiger charge is -2.14. The highest BCUT2D eigenvalue weighted by Gasteiger charge is 2.32. The lowest BCUT2D eigenvalue weighted by atomic mass is 10.2. The molecule has 1 aliphatic heterocycles. The van der Waals surface area contributed by atoms with Gasteiger partial charge in [-0.15, -0.1) is 0 Å². The van der Waals surface area contributed by atoms with E-state index >= 15 is 0 Å². The van der Waals surface area contributed by atoms with Gasteiger partial charge in [-0.25, -0.2) is 4.98 Å². The molecular formula is C26H19N3O2S3. The molecule has 5 nitrogen and oxygen atoms in total. The number of hydrogen-bond donors (Lipinski definition) is 0. The summed E-state index contributed by atoms with van der Waals surface area (Å²) in [6.07, 6.45) is 3.40. The molecule has 8 heteroatoms. The summed E-state index contributed by atoms with van der Waals surface area (Å²) in [5.74, 6) is -0.205. The largest absolute Gasteiger partial charge is 0.288 e. The average molecular weight is 502 g/mol. The minimum Gasteiger partial charge on any atom is -0.288 e. The van der Waals surface area contributed by atoms with Gasteiger partial charge in [0, 0.05) is 11.1 Å². The fourth-order valence-electron chi connectivity index (χ4n) is 3.57. The van der Waals surface area contributed by atoms with E-state index in [1.165, 1.54) is 27.9 Å². The highest BCUT2D eigenvalue weighted by Crippen LogP contribution is 2.35. The van der Waals surface area contributed by atoms with Gasteiger partial charge < -0.3 is 0 Å². The zero-order valence-electron chi connectivity index (χ0n) is 18.2. The number of fused-ring (bicyclic) bond motifs is 1. The first-order chi connectivity index (χ1) is 16.5. The van der Waals surface area contributed by atoms with Crippen LogP contribution in [0, 0.1) is 6.92 Å². The number of nitrogens with zero attached hydrogens (tertiary/aromatic N) is 3. The minimum atomic E-state index is -0.222. The molecule has 2 aromatic carbocycles. The van der Waals surface area contributed by atoms with Crippen molar-refractivity contribution in [1.82, 2.24) is 14.3 Å². The second-order valence-corrected chi connectivity index (χ2v) is 10.5. The van der Waals surface area contributed by atoms with Crippen LogP contribution in [0.4, 0.5) is 0 Å². The predicted octanol–water partition coefficient (Wildman–Crippen LogP) is 5.56. The first-order valence-electron chi connectivity index (χ1n) is 10.5. The number of carbonyl (C=O) groups excluding carboxylic acids is 1. The SMILES string of the molecule is Cc1ccc2nc(Sc3ccccc3)c(/C=C3\SC(=S)N(Cc4ccccc4)C3=O)c(=O)n2c1. The van der Waals surface area contributed by atoms with E-state index in [0.717, 1.165) is 16.0 Å². The maximum atomic E-state index is 13.5. The number of aromatic nitrogens is 2. The molecule has 1 aliphatic rings. The van der Waals surface area contributed by atoms with Crippen LogP contribution in [0.5, 0.6) is 0 Å². The monoisotopic (exact) mass is 501 g/mol. The van der Waals surface area contributed by atoms with E-state index in [2.05, 4.69) is 0 Å². The molecule has 0 unspecified atom stereocenters. The van der Waals surface area contributed by atoms with Crippen LogP contribution in [0.15, 0.2) is 98.6 Å². The molecule has 4 aromatic rings. The summed E-state index contributed by atoms with van der Waals surface area (Å²) < 4.78 is 2.00. The third kappa shape index (κ3) is 4.57. The second kappa shape index (κ2) is 9.58. The molecule has 168 valence electrons. The molecule has 5 rings (SSSR count). The standard InChI is InChI=1S/C26H19N3O2S3/c1-17-12-13-22-27-23(33-19-10-6-3-7-11-19)20(24(30)28(22)15-17)14-21-25(31)29(26(32)34-21)16-18-8-4-2-5-9-18/h2-15H,16H2,1H3/b21-14-. The Morgan fingerprint density at radius 3 is 2.44 bits per heavy atom. The lowest BCUT2D eigenvalue weighted by Crippen LogP contribution is -2.27. The molecule has 1 saturated heterocycles. The zero-order chi connectivity index (χ0) is 23.7. The highest BCUT2D eigenvalue weighted by molar-refractivity contribution is 8.26. The van der Waals surface area contributed by atoms with Crippen molar-refractivity contribution in [2.24, 2.45) is 0 Å². The smallest absolute Gasteiger partial charge is 0.266 e. The van der Waals surface area contributed by atoms with Crippen molar-refractivity contribution in [2.45, 2.75) is 23.4 Å². The van der Waals surface area contributed by atoms with Crippen molar-refractivity contribution in [3.05, 3.63) is 111 Å².